The lowest BCUT2D eigenvalue weighted by molar-refractivity contribution is -0.196. The van der Waals surface area contributed by atoms with Gasteiger partial charge in [0, 0.05) is 25.7 Å². The topological polar surface area (TPSA) is 118 Å². The highest BCUT2D eigenvalue weighted by Gasteiger charge is 2.34. The molecular weight excluding hydrogens is 268 g/mol. The molecule has 0 saturated carbocycles. The fourth-order valence-electron chi connectivity index (χ4n) is 1.59. The average molecular weight is 282 g/mol. The summed E-state index contributed by atoms with van der Waals surface area (Å²) in [5, 5.41) is 10.3. The molecule has 0 spiro atoms. The molecule has 108 valence electrons. The van der Waals surface area contributed by atoms with Gasteiger partial charge in [-0.25, -0.2) is 4.79 Å². The van der Waals surface area contributed by atoms with E-state index in [2.05, 4.69) is 20.4 Å². The number of carbonyl (C=O) groups excluding carboxylic acids is 4. The van der Waals surface area contributed by atoms with Gasteiger partial charge in [-0.3, -0.25) is 14.4 Å². The van der Waals surface area contributed by atoms with Gasteiger partial charge in [0.2, 0.25) is 5.91 Å². The molecule has 0 aliphatic carbocycles. The van der Waals surface area contributed by atoms with Crippen molar-refractivity contribution in [3.8, 4) is 0 Å². The van der Waals surface area contributed by atoms with E-state index in [4.69, 9.17) is 0 Å². The highest BCUT2D eigenvalue weighted by Crippen LogP contribution is 2.31. The Kier molecular flexibility index (Phi) is 3.77. The number of carbonyl (C=O) groups is 4. The molecule has 1 saturated heterocycles. The number of nitrogens with one attached hydrogen (secondary N) is 1. The van der Waals surface area contributed by atoms with Crippen LogP contribution >= 0.6 is 0 Å². The van der Waals surface area contributed by atoms with Crippen LogP contribution in [-0.4, -0.2) is 41.0 Å². The summed E-state index contributed by atoms with van der Waals surface area (Å²) in [7, 11) is 0. The number of imide groups is 1. The van der Waals surface area contributed by atoms with Gasteiger partial charge in [-0.1, -0.05) is 0 Å². The molecule has 0 aromatic carbocycles. The van der Waals surface area contributed by atoms with Gasteiger partial charge < -0.3 is 10.2 Å². The maximum absolute atomic E-state index is 11.4. The van der Waals surface area contributed by atoms with Crippen molar-refractivity contribution in [3.05, 3.63) is 0 Å². The Bertz CT molecular complexity index is 479. The Hall–Kier alpha value is -2.32. The van der Waals surface area contributed by atoms with E-state index in [1.165, 1.54) is 0 Å². The van der Waals surface area contributed by atoms with Gasteiger partial charge in [0.1, 0.15) is 6.54 Å². The second-order valence-electron chi connectivity index (χ2n) is 4.74. The quantitative estimate of drug-likeness (QED) is 0.669. The molecule has 2 heterocycles. The van der Waals surface area contributed by atoms with Crippen molar-refractivity contribution in [1.29, 1.82) is 0 Å². The first-order chi connectivity index (χ1) is 9.39. The zero-order valence-electron chi connectivity index (χ0n) is 10.9. The molecule has 0 aromatic heterocycles. The summed E-state index contributed by atoms with van der Waals surface area (Å²) in [5.74, 6) is -2.33. The molecule has 1 N–H and O–H groups in total. The average Bonchev–Trinajstić information content (AvgIpc) is 3.07. The molecule has 9 nitrogen and oxygen atoms in total. The predicted molar refractivity (Wildman–Crippen MR) is 62.7 cm³/mol. The molecule has 3 amide bonds. The molecule has 20 heavy (non-hydrogen) atoms. The van der Waals surface area contributed by atoms with Crippen molar-refractivity contribution in [2.24, 2.45) is 10.2 Å². The molecule has 2 aliphatic rings. The van der Waals surface area contributed by atoms with Gasteiger partial charge in [0.15, 0.2) is 5.66 Å². The van der Waals surface area contributed by atoms with Gasteiger partial charge in [-0.2, -0.15) is 10.2 Å². The lowest BCUT2D eigenvalue weighted by Gasteiger charge is -2.12. The van der Waals surface area contributed by atoms with Crippen LogP contribution in [0.5, 0.6) is 0 Å². The zero-order chi connectivity index (χ0) is 14.8. The summed E-state index contributed by atoms with van der Waals surface area (Å²) in [5.41, 5.74) is -0.466. The zero-order valence-corrected chi connectivity index (χ0v) is 10.9. The van der Waals surface area contributed by atoms with Crippen molar-refractivity contribution in [2.75, 3.05) is 6.54 Å². The molecule has 0 bridgehead atoms. The Morgan fingerprint density at radius 1 is 1.30 bits per heavy atom. The second-order valence-corrected chi connectivity index (χ2v) is 4.74. The molecular formula is C11H14N4O5. The van der Waals surface area contributed by atoms with Crippen LogP contribution in [0.25, 0.3) is 0 Å². The minimum Gasteiger partial charge on any atom is -0.345 e. The Morgan fingerprint density at radius 2 is 1.90 bits per heavy atom. The van der Waals surface area contributed by atoms with Crippen molar-refractivity contribution in [1.82, 2.24) is 10.4 Å². The van der Waals surface area contributed by atoms with Crippen LogP contribution in [-0.2, 0) is 24.0 Å². The number of nitrogens with zero attached hydrogens (tertiary/aromatic N) is 3. The molecule has 9 heteroatoms. The third-order valence-electron chi connectivity index (χ3n) is 2.90. The van der Waals surface area contributed by atoms with Crippen molar-refractivity contribution >= 4 is 23.7 Å². The van der Waals surface area contributed by atoms with Gasteiger partial charge in [0.25, 0.3) is 11.8 Å². The van der Waals surface area contributed by atoms with E-state index in [1.807, 2.05) is 0 Å². The standard InChI is InChI=1S/C11H14N4O5/c1-11(13-14-11)5-4-7(16)12-6-10(19)20-15-8(17)2-3-9(15)18/h2-6H2,1H3,(H,12,16). The largest absolute Gasteiger partial charge is 0.352 e. The number of amides is 3. The van der Waals surface area contributed by atoms with Gasteiger partial charge >= 0.3 is 5.97 Å². The molecule has 0 atom stereocenters. The highest BCUT2D eigenvalue weighted by atomic mass is 16.7. The van der Waals surface area contributed by atoms with Crippen molar-refractivity contribution in [3.63, 3.8) is 0 Å². The first-order valence-electron chi connectivity index (χ1n) is 6.17. The van der Waals surface area contributed by atoms with Crippen molar-refractivity contribution in [2.45, 2.75) is 38.3 Å². The molecule has 0 aromatic rings. The number of hydrogen-bond donors (Lipinski definition) is 1. The lowest BCUT2D eigenvalue weighted by atomic mass is 10.1. The summed E-state index contributed by atoms with van der Waals surface area (Å²) in [6.07, 6.45) is 0.712. The van der Waals surface area contributed by atoms with Crippen LogP contribution in [0.3, 0.4) is 0 Å². The number of rotatable bonds is 6. The monoisotopic (exact) mass is 282 g/mol. The van der Waals surface area contributed by atoms with Crippen LogP contribution in [0.15, 0.2) is 10.2 Å². The Balaban J connectivity index is 1.65. The molecule has 0 radical (unpaired) electrons. The maximum Gasteiger partial charge on any atom is 0.352 e. The summed E-state index contributed by atoms with van der Waals surface area (Å²) in [6.45, 7) is 1.39. The van der Waals surface area contributed by atoms with E-state index in [0.29, 0.717) is 11.5 Å². The van der Waals surface area contributed by atoms with Gasteiger partial charge in [-0.05, 0) is 6.92 Å². The van der Waals surface area contributed by atoms with Gasteiger partial charge in [0.05, 0.1) is 0 Å². The fourth-order valence-corrected chi connectivity index (χ4v) is 1.59. The van der Waals surface area contributed by atoms with Crippen LogP contribution in [0.2, 0.25) is 0 Å². The third-order valence-corrected chi connectivity index (χ3v) is 2.90. The Morgan fingerprint density at radius 3 is 2.45 bits per heavy atom. The molecule has 2 rings (SSSR count). The smallest absolute Gasteiger partial charge is 0.345 e. The minimum atomic E-state index is -0.867. The molecule has 2 aliphatic heterocycles. The molecule has 1 fully saturated rings. The van der Waals surface area contributed by atoms with E-state index in [9.17, 15) is 19.2 Å². The van der Waals surface area contributed by atoms with E-state index in [0.717, 1.165) is 0 Å². The van der Waals surface area contributed by atoms with Crippen LogP contribution in [0.1, 0.15) is 32.6 Å². The third kappa shape index (κ3) is 3.59. The van der Waals surface area contributed by atoms with Crippen LogP contribution < -0.4 is 5.32 Å². The summed E-state index contributed by atoms with van der Waals surface area (Å²) in [4.78, 5) is 49.8. The van der Waals surface area contributed by atoms with E-state index in [-0.39, 0.29) is 25.2 Å². The van der Waals surface area contributed by atoms with E-state index >= 15 is 0 Å². The summed E-state index contributed by atoms with van der Waals surface area (Å²) in [6, 6.07) is 0. The highest BCUT2D eigenvalue weighted by molar-refractivity contribution is 6.01. The lowest BCUT2D eigenvalue weighted by Crippen LogP contribution is -2.37. The maximum atomic E-state index is 11.4. The fraction of sp³-hybridized carbons (Fsp3) is 0.636. The second kappa shape index (κ2) is 5.35. The SMILES string of the molecule is CC1(CCC(=O)NCC(=O)ON2C(=O)CCC2=O)N=N1. The first-order valence-corrected chi connectivity index (χ1v) is 6.17. The normalized spacial score (nSPS) is 19.1. The number of hydroxylamine groups is 2. The predicted octanol–water partition coefficient (Wildman–Crippen LogP) is -0.328. The van der Waals surface area contributed by atoms with Gasteiger partial charge in [-0.15, -0.1) is 5.06 Å². The molecule has 0 unspecified atom stereocenters. The Labute approximate surface area is 114 Å². The van der Waals surface area contributed by atoms with E-state index < -0.39 is 30.0 Å². The van der Waals surface area contributed by atoms with Crippen LogP contribution in [0, 0.1) is 0 Å². The van der Waals surface area contributed by atoms with E-state index in [1.54, 1.807) is 6.92 Å². The number of hydrogen-bond acceptors (Lipinski definition) is 7. The first kappa shape index (κ1) is 14.1. The summed E-state index contributed by atoms with van der Waals surface area (Å²) < 4.78 is 0. The van der Waals surface area contributed by atoms with Crippen LogP contribution in [0.4, 0.5) is 0 Å². The van der Waals surface area contributed by atoms with Crippen molar-refractivity contribution < 1.29 is 24.0 Å². The summed E-state index contributed by atoms with van der Waals surface area (Å²) >= 11 is 0. The minimum absolute atomic E-state index is 0.0318.